The van der Waals surface area contributed by atoms with E-state index >= 15 is 0 Å². The summed E-state index contributed by atoms with van der Waals surface area (Å²) in [6.07, 6.45) is 4.77. The number of aromatic nitrogens is 4. The molecule has 0 aliphatic rings. The molecular formula is C7H11N5S. The third-order valence-electron chi connectivity index (χ3n) is 1.77. The summed E-state index contributed by atoms with van der Waals surface area (Å²) in [5.41, 5.74) is 5.40. The molecule has 0 unspecified atom stereocenters. The summed E-state index contributed by atoms with van der Waals surface area (Å²) in [5.74, 6) is 0. The SMILES string of the molecule is NCCCCc1nn2cnnc2s1. The quantitative estimate of drug-likeness (QED) is 0.723. The van der Waals surface area contributed by atoms with Gasteiger partial charge in [0.25, 0.3) is 0 Å². The lowest BCUT2D eigenvalue weighted by Crippen LogP contribution is -1.99. The van der Waals surface area contributed by atoms with Crippen LogP contribution in [-0.2, 0) is 6.42 Å². The van der Waals surface area contributed by atoms with Crippen molar-refractivity contribution in [2.75, 3.05) is 6.54 Å². The van der Waals surface area contributed by atoms with Gasteiger partial charge in [-0.15, -0.1) is 10.2 Å². The largest absolute Gasteiger partial charge is 0.330 e. The van der Waals surface area contributed by atoms with Crippen LogP contribution in [0.15, 0.2) is 6.33 Å². The lowest BCUT2D eigenvalue weighted by atomic mass is 10.2. The number of fused-ring (bicyclic) bond motifs is 1. The number of rotatable bonds is 4. The van der Waals surface area contributed by atoms with Gasteiger partial charge in [-0.25, -0.2) is 0 Å². The maximum atomic E-state index is 5.40. The predicted molar refractivity (Wildman–Crippen MR) is 50.7 cm³/mol. The Balaban J connectivity index is 2.03. The molecule has 0 fully saturated rings. The minimum Gasteiger partial charge on any atom is -0.330 e. The van der Waals surface area contributed by atoms with E-state index in [0.29, 0.717) is 0 Å². The lowest BCUT2D eigenvalue weighted by molar-refractivity contribution is 0.730. The number of hydrogen-bond donors (Lipinski definition) is 1. The molecule has 2 aromatic rings. The molecule has 5 nitrogen and oxygen atoms in total. The maximum Gasteiger partial charge on any atom is 0.234 e. The van der Waals surface area contributed by atoms with E-state index in [2.05, 4.69) is 15.3 Å². The zero-order valence-corrected chi connectivity index (χ0v) is 8.00. The molecule has 0 aliphatic heterocycles. The van der Waals surface area contributed by atoms with Gasteiger partial charge in [0.15, 0.2) is 0 Å². The molecule has 0 atom stereocenters. The van der Waals surface area contributed by atoms with Crippen LogP contribution in [0.4, 0.5) is 0 Å². The summed E-state index contributed by atoms with van der Waals surface area (Å²) in [7, 11) is 0. The highest BCUT2D eigenvalue weighted by Gasteiger charge is 2.03. The van der Waals surface area contributed by atoms with Gasteiger partial charge in [0, 0.05) is 6.42 Å². The van der Waals surface area contributed by atoms with E-state index in [0.717, 1.165) is 35.8 Å². The molecule has 0 saturated heterocycles. The van der Waals surface area contributed by atoms with Crippen LogP contribution in [0.2, 0.25) is 0 Å². The second-order valence-corrected chi connectivity index (χ2v) is 3.84. The molecule has 13 heavy (non-hydrogen) atoms. The summed E-state index contributed by atoms with van der Waals surface area (Å²) >= 11 is 1.59. The van der Waals surface area contributed by atoms with E-state index in [1.54, 1.807) is 22.2 Å². The van der Waals surface area contributed by atoms with E-state index in [4.69, 9.17) is 5.73 Å². The normalized spacial score (nSPS) is 11.2. The molecule has 0 saturated carbocycles. The molecule has 6 heteroatoms. The summed E-state index contributed by atoms with van der Waals surface area (Å²) in [6.45, 7) is 0.754. The van der Waals surface area contributed by atoms with Gasteiger partial charge in [0.1, 0.15) is 11.3 Å². The topological polar surface area (TPSA) is 69.1 Å². The van der Waals surface area contributed by atoms with Crippen molar-refractivity contribution < 1.29 is 0 Å². The molecule has 2 heterocycles. The lowest BCUT2D eigenvalue weighted by Gasteiger charge is -1.92. The van der Waals surface area contributed by atoms with Crippen molar-refractivity contribution in [1.29, 1.82) is 0 Å². The highest BCUT2D eigenvalue weighted by atomic mass is 32.1. The van der Waals surface area contributed by atoms with E-state index in [-0.39, 0.29) is 0 Å². The highest BCUT2D eigenvalue weighted by Crippen LogP contribution is 2.13. The minimum absolute atomic E-state index is 0.754. The molecule has 0 bridgehead atoms. The van der Waals surface area contributed by atoms with Crippen LogP contribution in [0, 0.1) is 0 Å². The molecule has 70 valence electrons. The fourth-order valence-corrected chi connectivity index (χ4v) is 1.98. The fourth-order valence-electron chi connectivity index (χ4n) is 1.12. The van der Waals surface area contributed by atoms with Crippen molar-refractivity contribution in [3.8, 4) is 0 Å². The number of nitrogens with two attached hydrogens (primary N) is 1. The smallest absolute Gasteiger partial charge is 0.234 e. The molecule has 0 aromatic carbocycles. The van der Waals surface area contributed by atoms with Gasteiger partial charge < -0.3 is 5.73 Å². The van der Waals surface area contributed by atoms with Crippen LogP contribution in [-0.4, -0.2) is 26.4 Å². The van der Waals surface area contributed by atoms with Crippen molar-refractivity contribution in [2.45, 2.75) is 19.3 Å². The van der Waals surface area contributed by atoms with Crippen LogP contribution < -0.4 is 5.73 Å². The Morgan fingerprint density at radius 3 is 3.15 bits per heavy atom. The summed E-state index contributed by atoms with van der Waals surface area (Å²) < 4.78 is 1.71. The monoisotopic (exact) mass is 197 g/mol. The Labute approximate surface area is 79.6 Å². The van der Waals surface area contributed by atoms with Gasteiger partial charge in [0.2, 0.25) is 4.96 Å². The Morgan fingerprint density at radius 1 is 1.46 bits per heavy atom. The Bertz CT molecular complexity index is 350. The second-order valence-electron chi connectivity index (χ2n) is 2.80. The van der Waals surface area contributed by atoms with Crippen molar-refractivity contribution in [2.24, 2.45) is 5.73 Å². The number of nitrogens with zero attached hydrogens (tertiary/aromatic N) is 4. The molecule has 0 radical (unpaired) electrons. The van der Waals surface area contributed by atoms with Crippen molar-refractivity contribution >= 4 is 16.3 Å². The van der Waals surface area contributed by atoms with Gasteiger partial charge in [-0.1, -0.05) is 11.3 Å². The third-order valence-corrected chi connectivity index (χ3v) is 2.75. The van der Waals surface area contributed by atoms with Crippen LogP contribution in [0.5, 0.6) is 0 Å². The first-order chi connectivity index (χ1) is 6.40. The first-order valence-electron chi connectivity index (χ1n) is 4.26. The van der Waals surface area contributed by atoms with Crippen LogP contribution in [0.25, 0.3) is 4.96 Å². The average molecular weight is 197 g/mol. The number of aryl methyl sites for hydroxylation is 1. The summed E-state index contributed by atoms with van der Waals surface area (Å²) in [6, 6.07) is 0. The van der Waals surface area contributed by atoms with E-state index in [1.165, 1.54) is 0 Å². The maximum absolute atomic E-state index is 5.40. The first kappa shape index (κ1) is 8.58. The van der Waals surface area contributed by atoms with Gasteiger partial charge in [-0.2, -0.15) is 9.61 Å². The summed E-state index contributed by atoms with van der Waals surface area (Å²) in [5, 5.41) is 13.1. The number of unbranched alkanes of at least 4 members (excludes halogenated alkanes) is 1. The highest BCUT2D eigenvalue weighted by molar-refractivity contribution is 7.16. The van der Waals surface area contributed by atoms with Crippen molar-refractivity contribution in [3.63, 3.8) is 0 Å². The zero-order valence-electron chi connectivity index (χ0n) is 7.18. The number of hydrogen-bond acceptors (Lipinski definition) is 5. The molecule has 2 N–H and O–H groups in total. The van der Waals surface area contributed by atoms with Gasteiger partial charge in [0.05, 0.1) is 0 Å². The zero-order chi connectivity index (χ0) is 9.10. The van der Waals surface area contributed by atoms with Crippen molar-refractivity contribution in [3.05, 3.63) is 11.3 Å². The van der Waals surface area contributed by atoms with Crippen LogP contribution >= 0.6 is 11.3 Å². The van der Waals surface area contributed by atoms with Crippen LogP contribution in [0.1, 0.15) is 17.8 Å². The third kappa shape index (κ3) is 1.84. The Hall–Kier alpha value is -1.01. The van der Waals surface area contributed by atoms with E-state index in [1.807, 2.05) is 0 Å². The Morgan fingerprint density at radius 2 is 2.38 bits per heavy atom. The molecule has 0 aliphatic carbocycles. The average Bonchev–Trinajstić information content (AvgIpc) is 2.64. The Kier molecular flexibility index (Phi) is 2.51. The molecule has 0 spiro atoms. The van der Waals surface area contributed by atoms with E-state index in [9.17, 15) is 0 Å². The fraction of sp³-hybridized carbons (Fsp3) is 0.571. The van der Waals surface area contributed by atoms with E-state index < -0.39 is 0 Å². The van der Waals surface area contributed by atoms with Crippen LogP contribution in [0.3, 0.4) is 0 Å². The predicted octanol–water partition coefficient (Wildman–Crippen LogP) is 0.467. The molecule has 2 aromatic heterocycles. The van der Waals surface area contributed by atoms with Crippen molar-refractivity contribution in [1.82, 2.24) is 19.8 Å². The molecule has 0 amide bonds. The molecule has 2 rings (SSSR count). The standard InChI is InChI=1S/C7H11N5S/c8-4-2-1-3-6-11-12-5-9-10-7(12)13-6/h5H,1-4,8H2. The molecular weight excluding hydrogens is 186 g/mol. The van der Waals surface area contributed by atoms with Gasteiger partial charge >= 0.3 is 0 Å². The van der Waals surface area contributed by atoms with Gasteiger partial charge in [-0.3, -0.25) is 0 Å². The second kappa shape index (κ2) is 3.80. The summed E-state index contributed by atoms with van der Waals surface area (Å²) in [4.78, 5) is 0.864. The minimum atomic E-state index is 0.754. The first-order valence-corrected chi connectivity index (χ1v) is 5.07. The van der Waals surface area contributed by atoms with Gasteiger partial charge in [-0.05, 0) is 19.4 Å².